The molecular weight excluding hydrogens is 138 g/mol. The van der Waals surface area contributed by atoms with Crippen molar-refractivity contribution < 1.29 is 4.79 Å². The molecule has 0 aromatic carbocycles. The second-order valence-corrected chi connectivity index (χ2v) is 2.45. The van der Waals surface area contributed by atoms with Gasteiger partial charge in [0.25, 0.3) is 0 Å². The van der Waals surface area contributed by atoms with Crippen LogP contribution in [0.1, 0.15) is 19.8 Å². The molecule has 1 rings (SSSR count). The highest BCUT2D eigenvalue weighted by Gasteiger charge is 2.12. The van der Waals surface area contributed by atoms with Crippen LogP contribution in [0.3, 0.4) is 0 Å². The zero-order chi connectivity index (χ0) is 5.98. The van der Waals surface area contributed by atoms with E-state index in [9.17, 15) is 4.79 Å². The molecule has 0 aromatic rings. The predicted molar refractivity (Wildman–Crippen MR) is 38.7 cm³/mol. The summed E-state index contributed by atoms with van der Waals surface area (Å²) in [5, 5.41) is 2.79. The van der Waals surface area contributed by atoms with Crippen LogP contribution in [0.5, 0.6) is 0 Å². The van der Waals surface area contributed by atoms with Gasteiger partial charge in [-0.05, 0) is 12.3 Å². The van der Waals surface area contributed by atoms with Crippen molar-refractivity contribution in [2.75, 3.05) is 6.54 Å². The van der Waals surface area contributed by atoms with Gasteiger partial charge in [0.2, 0.25) is 5.91 Å². The normalized spacial score (nSPS) is 26.3. The third kappa shape index (κ3) is 2.70. The van der Waals surface area contributed by atoms with E-state index >= 15 is 0 Å². The number of rotatable bonds is 0. The molecule has 1 aliphatic heterocycles. The first-order valence-corrected chi connectivity index (χ1v) is 3.06. The first kappa shape index (κ1) is 8.76. The van der Waals surface area contributed by atoms with Crippen molar-refractivity contribution in [3.63, 3.8) is 0 Å². The Morgan fingerprint density at radius 1 is 1.67 bits per heavy atom. The Hall–Kier alpha value is -0.240. The lowest BCUT2D eigenvalue weighted by Gasteiger charge is -2.17. The Morgan fingerprint density at radius 3 is 2.67 bits per heavy atom. The lowest BCUT2D eigenvalue weighted by atomic mass is 10.0. The number of nitrogens with one attached hydrogen (secondary N) is 1. The lowest BCUT2D eigenvalue weighted by molar-refractivity contribution is -0.122. The largest absolute Gasteiger partial charge is 0.356 e. The van der Waals surface area contributed by atoms with Gasteiger partial charge in [-0.15, -0.1) is 12.4 Å². The van der Waals surface area contributed by atoms with Gasteiger partial charge in [-0.2, -0.15) is 0 Å². The van der Waals surface area contributed by atoms with Crippen LogP contribution in [-0.4, -0.2) is 12.5 Å². The summed E-state index contributed by atoms with van der Waals surface area (Å²) in [6.07, 6.45) is 1.78. The minimum Gasteiger partial charge on any atom is -0.356 e. The average Bonchev–Trinajstić information content (AvgIpc) is 1.77. The Labute approximate surface area is 61.4 Å². The molecule has 1 N–H and O–H groups in total. The molecule has 0 saturated carbocycles. The highest BCUT2D eigenvalue weighted by atomic mass is 35.5. The van der Waals surface area contributed by atoms with Crippen LogP contribution in [0.15, 0.2) is 0 Å². The average molecular weight is 150 g/mol. The molecule has 9 heavy (non-hydrogen) atoms. The highest BCUT2D eigenvalue weighted by molar-refractivity contribution is 5.85. The number of carbonyl (C=O) groups is 1. The number of halogens is 1. The summed E-state index contributed by atoms with van der Waals surface area (Å²) in [4.78, 5) is 10.5. The minimum absolute atomic E-state index is 0. The molecule has 1 aliphatic rings. The Kier molecular flexibility index (Phi) is 3.62. The molecule has 1 unspecified atom stereocenters. The van der Waals surface area contributed by atoms with E-state index in [1.54, 1.807) is 0 Å². The van der Waals surface area contributed by atoms with Gasteiger partial charge < -0.3 is 5.32 Å². The number of amides is 1. The van der Waals surface area contributed by atoms with Crippen LogP contribution in [0.4, 0.5) is 0 Å². The fraction of sp³-hybridized carbons (Fsp3) is 0.833. The molecule has 2 nitrogen and oxygen atoms in total. The molecule has 1 atom stereocenters. The molecule has 54 valence electrons. The minimum atomic E-state index is 0. The predicted octanol–water partition coefficient (Wildman–Crippen LogP) is 0.954. The van der Waals surface area contributed by atoms with Crippen LogP contribution in [0, 0.1) is 5.92 Å². The van der Waals surface area contributed by atoms with Crippen molar-refractivity contribution in [2.24, 2.45) is 5.92 Å². The summed E-state index contributed by atoms with van der Waals surface area (Å²) in [5.41, 5.74) is 0. The van der Waals surface area contributed by atoms with Crippen molar-refractivity contribution in [3.05, 3.63) is 0 Å². The van der Waals surface area contributed by atoms with Gasteiger partial charge in [0, 0.05) is 13.0 Å². The number of hydrogen-bond acceptors (Lipinski definition) is 1. The summed E-state index contributed by atoms with van der Waals surface area (Å²) >= 11 is 0. The van der Waals surface area contributed by atoms with E-state index < -0.39 is 0 Å². The van der Waals surface area contributed by atoms with Crippen LogP contribution < -0.4 is 5.32 Å². The summed E-state index contributed by atoms with van der Waals surface area (Å²) in [6, 6.07) is 0. The summed E-state index contributed by atoms with van der Waals surface area (Å²) in [7, 11) is 0. The smallest absolute Gasteiger partial charge is 0.220 e. The molecule has 3 heteroatoms. The molecular formula is C6H12ClNO. The van der Waals surface area contributed by atoms with Crippen molar-refractivity contribution in [1.29, 1.82) is 0 Å². The highest BCUT2D eigenvalue weighted by Crippen LogP contribution is 2.07. The van der Waals surface area contributed by atoms with Gasteiger partial charge in [0.05, 0.1) is 0 Å². The topological polar surface area (TPSA) is 29.1 Å². The van der Waals surface area contributed by atoms with Crippen molar-refractivity contribution in [1.82, 2.24) is 5.32 Å². The van der Waals surface area contributed by atoms with Gasteiger partial charge in [-0.1, -0.05) is 6.92 Å². The molecule has 0 radical (unpaired) electrons. The number of hydrogen-bond donors (Lipinski definition) is 1. The SMILES string of the molecule is CC1CCC(=O)NC1.Cl. The molecule has 0 aliphatic carbocycles. The maximum atomic E-state index is 10.5. The third-order valence-corrected chi connectivity index (χ3v) is 1.51. The molecule has 1 saturated heterocycles. The van der Waals surface area contributed by atoms with Gasteiger partial charge in [-0.3, -0.25) is 4.79 Å². The van der Waals surface area contributed by atoms with E-state index in [0.717, 1.165) is 19.4 Å². The lowest BCUT2D eigenvalue weighted by Crippen LogP contribution is -2.33. The fourth-order valence-corrected chi connectivity index (χ4v) is 0.856. The van der Waals surface area contributed by atoms with Crippen LogP contribution >= 0.6 is 12.4 Å². The van der Waals surface area contributed by atoms with Crippen LogP contribution in [0.2, 0.25) is 0 Å². The zero-order valence-electron chi connectivity index (χ0n) is 5.52. The van der Waals surface area contributed by atoms with E-state index in [2.05, 4.69) is 12.2 Å². The molecule has 1 fully saturated rings. The Balaban J connectivity index is 0.000000640. The van der Waals surface area contributed by atoms with Crippen molar-refractivity contribution in [2.45, 2.75) is 19.8 Å². The zero-order valence-corrected chi connectivity index (χ0v) is 6.33. The Bertz CT molecular complexity index is 95.2. The number of carbonyl (C=O) groups excluding carboxylic acids is 1. The first-order valence-electron chi connectivity index (χ1n) is 3.06. The van der Waals surface area contributed by atoms with Gasteiger partial charge >= 0.3 is 0 Å². The van der Waals surface area contributed by atoms with Crippen molar-refractivity contribution in [3.8, 4) is 0 Å². The van der Waals surface area contributed by atoms with Crippen LogP contribution in [-0.2, 0) is 4.79 Å². The molecule has 0 aromatic heterocycles. The summed E-state index contributed by atoms with van der Waals surface area (Å²) < 4.78 is 0. The molecule has 1 amide bonds. The molecule has 0 bridgehead atoms. The van der Waals surface area contributed by atoms with E-state index in [-0.39, 0.29) is 18.3 Å². The quantitative estimate of drug-likeness (QED) is 0.546. The summed E-state index contributed by atoms with van der Waals surface area (Å²) in [5.74, 6) is 0.899. The molecule has 1 heterocycles. The van der Waals surface area contributed by atoms with E-state index in [0.29, 0.717) is 5.92 Å². The fourth-order valence-electron chi connectivity index (χ4n) is 0.856. The standard InChI is InChI=1S/C6H11NO.ClH/c1-5-2-3-6(8)7-4-5;/h5H,2-4H2,1H3,(H,7,8);1H. The van der Waals surface area contributed by atoms with Gasteiger partial charge in [-0.25, -0.2) is 0 Å². The second-order valence-electron chi connectivity index (χ2n) is 2.45. The second kappa shape index (κ2) is 3.72. The summed E-state index contributed by atoms with van der Waals surface area (Å²) in [6.45, 7) is 3.03. The van der Waals surface area contributed by atoms with Gasteiger partial charge in [0.15, 0.2) is 0 Å². The Morgan fingerprint density at radius 2 is 2.33 bits per heavy atom. The maximum absolute atomic E-state index is 10.5. The molecule has 0 spiro atoms. The monoisotopic (exact) mass is 149 g/mol. The van der Waals surface area contributed by atoms with E-state index in [4.69, 9.17) is 0 Å². The number of piperidine rings is 1. The van der Waals surface area contributed by atoms with E-state index in [1.165, 1.54) is 0 Å². The first-order chi connectivity index (χ1) is 3.79. The van der Waals surface area contributed by atoms with Crippen molar-refractivity contribution >= 4 is 18.3 Å². The van der Waals surface area contributed by atoms with Gasteiger partial charge in [0.1, 0.15) is 0 Å². The van der Waals surface area contributed by atoms with E-state index in [1.807, 2.05) is 0 Å². The third-order valence-electron chi connectivity index (χ3n) is 1.51. The van der Waals surface area contributed by atoms with Crippen LogP contribution in [0.25, 0.3) is 0 Å². The maximum Gasteiger partial charge on any atom is 0.220 e.